The van der Waals surface area contributed by atoms with Gasteiger partial charge in [-0.15, -0.1) is 0 Å². The summed E-state index contributed by atoms with van der Waals surface area (Å²) in [6.07, 6.45) is 3.70. The quantitative estimate of drug-likeness (QED) is 0.782. The number of primary amides is 1. The molecule has 2 saturated heterocycles. The van der Waals surface area contributed by atoms with Crippen molar-refractivity contribution in [2.75, 3.05) is 20.2 Å². The second-order valence-corrected chi connectivity index (χ2v) is 8.05. The van der Waals surface area contributed by atoms with Crippen molar-refractivity contribution >= 4 is 17.6 Å². The lowest BCUT2D eigenvalue weighted by atomic mass is 9.81. The highest BCUT2D eigenvalue weighted by molar-refractivity contribution is 5.99. The molecule has 2 amide bonds. The van der Waals surface area contributed by atoms with Gasteiger partial charge >= 0.3 is 0 Å². The van der Waals surface area contributed by atoms with Gasteiger partial charge in [0.25, 0.3) is 0 Å². The van der Waals surface area contributed by atoms with E-state index in [-0.39, 0.29) is 36.4 Å². The molecule has 1 aromatic rings. The maximum atomic E-state index is 13.8. The number of nitrogens with zero attached hydrogens (tertiary/aromatic N) is 1. The van der Waals surface area contributed by atoms with Crippen LogP contribution in [0.15, 0.2) is 24.3 Å². The van der Waals surface area contributed by atoms with Crippen molar-refractivity contribution in [1.82, 2.24) is 10.2 Å². The fourth-order valence-electron chi connectivity index (χ4n) is 5.19. The van der Waals surface area contributed by atoms with E-state index in [1.54, 1.807) is 17.0 Å². The zero-order chi connectivity index (χ0) is 19.8. The van der Waals surface area contributed by atoms with Gasteiger partial charge in [0.15, 0.2) is 5.78 Å². The molecule has 0 unspecified atom stereocenters. The van der Waals surface area contributed by atoms with E-state index >= 15 is 0 Å². The first-order valence-electron chi connectivity index (χ1n) is 10.0. The standard InChI is InChI=1S/C21H27N3O4/c1-23-15-10-24(18-16(25)11-28-19(15)18)21(27)17(12-6-2-3-7-12)13-8-4-5-9-14(13)20(22)26/h4-5,8-9,12,15,17-19,23H,2-3,6-7,10-11H2,1H3,(H2,22,26)/t15-,17-,18+,19+/m0/s1. The number of likely N-dealkylation sites (tertiary alicyclic amines) is 1. The van der Waals surface area contributed by atoms with Gasteiger partial charge in [0.1, 0.15) is 18.8 Å². The number of Topliss-reactive ketones (excluding diaryl/α,β-unsaturated/α-hetero) is 1. The van der Waals surface area contributed by atoms with Gasteiger partial charge in [0, 0.05) is 12.1 Å². The largest absolute Gasteiger partial charge is 0.366 e. The van der Waals surface area contributed by atoms with Gasteiger partial charge in [-0.1, -0.05) is 31.0 Å². The van der Waals surface area contributed by atoms with Gasteiger partial charge in [-0.3, -0.25) is 14.4 Å². The molecule has 2 aliphatic heterocycles. The smallest absolute Gasteiger partial charge is 0.249 e. The summed E-state index contributed by atoms with van der Waals surface area (Å²) in [7, 11) is 1.82. The van der Waals surface area contributed by atoms with Crippen molar-refractivity contribution in [3.05, 3.63) is 35.4 Å². The van der Waals surface area contributed by atoms with Crippen molar-refractivity contribution < 1.29 is 19.1 Å². The number of fused-ring (bicyclic) bond motifs is 1. The number of rotatable bonds is 5. The minimum Gasteiger partial charge on any atom is -0.366 e. The molecule has 0 bridgehead atoms. The van der Waals surface area contributed by atoms with E-state index in [0.717, 1.165) is 25.7 Å². The van der Waals surface area contributed by atoms with Crippen LogP contribution in [0.4, 0.5) is 0 Å². The third kappa shape index (κ3) is 3.12. The van der Waals surface area contributed by atoms with Crippen molar-refractivity contribution in [2.45, 2.75) is 49.8 Å². The Kier molecular flexibility index (Phi) is 5.21. The Morgan fingerprint density at radius 1 is 1.25 bits per heavy atom. The number of carbonyl (C=O) groups excluding carboxylic acids is 3. The van der Waals surface area contributed by atoms with E-state index in [4.69, 9.17) is 10.5 Å². The minimum atomic E-state index is -0.547. The molecule has 28 heavy (non-hydrogen) atoms. The summed E-state index contributed by atoms with van der Waals surface area (Å²) >= 11 is 0. The number of benzene rings is 1. The van der Waals surface area contributed by atoms with Crippen LogP contribution in [0.1, 0.15) is 47.5 Å². The van der Waals surface area contributed by atoms with E-state index in [0.29, 0.717) is 17.7 Å². The Balaban J connectivity index is 1.72. The van der Waals surface area contributed by atoms with Gasteiger partial charge in [-0.2, -0.15) is 0 Å². The fraction of sp³-hybridized carbons (Fsp3) is 0.571. The second-order valence-electron chi connectivity index (χ2n) is 8.05. The van der Waals surface area contributed by atoms with E-state index in [1.165, 1.54) is 0 Å². The second kappa shape index (κ2) is 7.64. The number of ether oxygens (including phenoxy) is 1. The molecule has 3 aliphatic rings. The number of hydrogen-bond acceptors (Lipinski definition) is 5. The molecule has 3 N–H and O–H groups in total. The molecular weight excluding hydrogens is 358 g/mol. The Morgan fingerprint density at radius 3 is 2.64 bits per heavy atom. The van der Waals surface area contributed by atoms with Crippen LogP contribution in [0.3, 0.4) is 0 Å². The predicted molar refractivity (Wildman–Crippen MR) is 103 cm³/mol. The summed E-state index contributed by atoms with van der Waals surface area (Å²) in [5.74, 6) is -0.982. The van der Waals surface area contributed by atoms with Gasteiger partial charge in [-0.05, 0) is 37.4 Å². The molecule has 1 saturated carbocycles. The van der Waals surface area contributed by atoms with E-state index < -0.39 is 17.9 Å². The summed E-state index contributed by atoms with van der Waals surface area (Å²) < 4.78 is 5.67. The van der Waals surface area contributed by atoms with Crippen molar-refractivity contribution in [3.63, 3.8) is 0 Å². The molecule has 0 spiro atoms. The normalized spacial score (nSPS) is 28.5. The Morgan fingerprint density at radius 2 is 1.96 bits per heavy atom. The summed E-state index contributed by atoms with van der Waals surface area (Å²) in [4.78, 5) is 40.0. The number of amides is 2. The molecular formula is C21H27N3O4. The summed E-state index contributed by atoms with van der Waals surface area (Å²) in [5, 5.41) is 3.17. The first-order valence-corrected chi connectivity index (χ1v) is 10.0. The van der Waals surface area contributed by atoms with Crippen LogP contribution in [0.5, 0.6) is 0 Å². The zero-order valence-electron chi connectivity index (χ0n) is 16.1. The highest BCUT2D eigenvalue weighted by Gasteiger charge is 2.53. The summed E-state index contributed by atoms with van der Waals surface area (Å²) in [6, 6.07) is 6.49. The molecule has 150 valence electrons. The van der Waals surface area contributed by atoms with E-state index in [1.807, 2.05) is 19.2 Å². The Labute approximate surface area is 164 Å². The summed E-state index contributed by atoms with van der Waals surface area (Å²) in [6.45, 7) is 0.474. The van der Waals surface area contributed by atoms with Crippen LogP contribution in [-0.2, 0) is 14.3 Å². The minimum absolute atomic E-state index is 0.0449. The average Bonchev–Trinajstić information content (AvgIpc) is 3.41. The fourth-order valence-corrected chi connectivity index (χ4v) is 5.19. The SMILES string of the molecule is CN[C@H]1CN(C(=O)[C@H](c2ccccc2C(N)=O)C2CCCC2)[C@@H]2C(=O)CO[C@H]12. The van der Waals surface area contributed by atoms with Crippen molar-refractivity contribution in [3.8, 4) is 0 Å². The van der Waals surface area contributed by atoms with Gasteiger partial charge in [0.05, 0.1) is 12.0 Å². The molecule has 7 heteroatoms. The summed E-state index contributed by atoms with van der Waals surface area (Å²) in [5.41, 5.74) is 6.68. The Hall–Kier alpha value is -2.25. The van der Waals surface area contributed by atoms with Crippen LogP contribution in [0.2, 0.25) is 0 Å². The third-order valence-electron chi connectivity index (χ3n) is 6.54. The molecule has 3 fully saturated rings. The molecule has 1 aliphatic carbocycles. The van der Waals surface area contributed by atoms with Crippen LogP contribution in [0, 0.1) is 5.92 Å². The van der Waals surface area contributed by atoms with E-state index in [9.17, 15) is 14.4 Å². The molecule has 2 heterocycles. The van der Waals surface area contributed by atoms with Crippen LogP contribution in [0.25, 0.3) is 0 Å². The van der Waals surface area contributed by atoms with Crippen molar-refractivity contribution in [1.29, 1.82) is 0 Å². The Bertz CT molecular complexity index is 790. The first-order chi connectivity index (χ1) is 13.5. The number of ketones is 1. The third-order valence-corrected chi connectivity index (χ3v) is 6.54. The molecule has 0 aromatic heterocycles. The predicted octanol–water partition coefficient (Wildman–Crippen LogP) is 0.826. The van der Waals surface area contributed by atoms with Gasteiger partial charge in [-0.25, -0.2) is 0 Å². The molecule has 1 aromatic carbocycles. The molecule has 4 atom stereocenters. The van der Waals surface area contributed by atoms with Gasteiger partial charge in [0.2, 0.25) is 11.8 Å². The number of likely N-dealkylation sites (N-methyl/N-ethyl adjacent to an activating group) is 1. The monoisotopic (exact) mass is 385 g/mol. The van der Waals surface area contributed by atoms with Crippen LogP contribution < -0.4 is 11.1 Å². The van der Waals surface area contributed by atoms with Crippen LogP contribution in [-0.4, -0.2) is 60.9 Å². The van der Waals surface area contributed by atoms with Crippen molar-refractivity contribution in [2.24, 2.45) is 11.7 Å². The highest BCUT2D eigenvalue weighted by atomic mass is 16.5. The maximum absolute atomic E-state index is 13.8. The lowest BCUT2D eigenvalue weighted by Gasteiger charge is -2.31. The number of hydrogen-bond donors (Lipinski definition) is 2. The van der Waals surface area contributed by atoms with Gasteiger partial charge < -0.3 is 20.7 Å². The molecule has 4 rings (SSSR count). The number of carbonyl (C=O) groups is 3. The lowest BCUT2D eigenvalue weighted by Crippen LogP contribution is -2.45. The topological polar surface area (TPSA) is 102 Å². The van der Waals surface area contributed by atoms with Crippen LogP contribution >= 0.6 is 0 Å². The molecule has 0 radical (unpaired) electrons. The number of nitrogens with one attached hydrogen (secondary N) is 1. The molecule has 7 nitrogen and oxygen atoms in total. The van der Waals surface area contributed by atoms with E-state index in [2.05, 4.69) is 5.32 Å². The number of nitrogens with two attached hydrogens (primary N) is 1. The lowest BCUT2D eigenvalue weighted by molar-refractivity contribution is -0.138. The average molecular weight is 385 g/mol. The first kappa shape index (κ1) is 19.1. The maximum Gasteiger partial charge on any atom is 0.249 e. The highest BCUT2D eigenvalue weighted by Crippen LogP contribution is 2.41. The zero-order valence-corrected chi connectivity index (χ0v) is 16.1.